The molecule has 2 rings (SSSR count). The molecule has 0 saturated heterocycles. The monoisotopic (exact) mass is 247 g/mol. The summed E-state index contributed by atoms with van der Waals surface area (Å²) in [5.41, 5.74) is 4.87. The second kappa shape index (κ2) is 5.25. The third kappa shape index (κ3) is 2.73. The van der Waals surface area contributed by atoms with Crippen molar-refractivity contribution in [2.45, 2.75) is 13.8 Å². The minimum Gasteiger partial charge on any atom is -0.354 e. The van der Waals surface area contributed by atoms with Gasteiger partial charge in [-0.2, -0.15) is 10.5 Å². The summed E-state index contributed by atoms with van der Waals surface area (Å²) in [7, 11) is 0. The summed E-state index contributed by atoms with van der Waals surface area (Å²) in [6, 6.07) is 15.4. The van der Waals surface area contributed by atoms with E-state index in [9.17, 15) is 0 Å². The zero-order valence-electron chi connectivity index (χ0n) is 10.9. The fraction of sp³-hybridized carbons (Fsp3) is 0.125. The van der Waals surface area contributed by atoms with Gasteiger partial charge >= 0.3 is 0 Å². The van der Waals surface area contributed by atoms with Gasteiger partial charge in [0.25, 0.3) is 0 Å². The van der Waals surface area contributed by atoms with E-state index in [1.165, 1.54) is 0 Å². The van der Waals surface area contributed by atoms with Gasteiger partial charge in [0.1, 0.15) is 6.07 Å². The molecule has 0 spiro atoms. The van der Waals surface area contributed by atoms with E-state index in [4.69, 9.17) is 10.5 Å². The van der Waals surface area contributed by atoms with Crippen molar-refractivity contribution in [2.75, 3.05) is 5.32 Å². The molecule has 0 radical (unpaired) electrons. The number of benzene rings is 2. The molecule has 0 aliphatic carbocycles. The van der Waals surface area contributed by atoms with Crippen LogP contribution in [0.4, 0.5) is 11.4 Å². The Kier molecular flexibility index (Phi) is 3.50. The van der Waals surface area contributed by atoms with Crippen molar-refractivity contribution >= 4 is 11.4 Å². The highest BCUT2D eigenvalue weighted by Crippen LogP contribution is 2.24. The maximum atomic E-state index is 9.15. The molecular formula is C16H13N3. The molecule has 0 amide bonds. The molecule has 3 nitrogen and oxygen atoms in total. The van der Waals surface area contributed by atoms with E-state index in [-0.39, 0.29) is 0 Å². The lowest BCUT2D eigenvalue weighted by molar-refractivity contribution is 1.37. The molecule has 0 fully saturated rings. The molecule has 0 aromatic heterocycles. The van der Waals surface area contributed by atoms with Crippen molar-refractivity contribution in [3.63, 3.8) is 0 Å². The summed E-state index contributed by atoms with van der Waals surface area (Å²) in [5, 5.41) is 21.3. The zero-order valence-corrected chi connectivity index (χ0v) is 10.9. The van der Waals surface area contributed by atoms with E-state index in [1.807, 2.05) is 38.1 Å². The topological polar surface area (TPSA) is 59.6 Å². The summed E-state index contributed by atoms with van der Waals surface area (Å²) < 4.78 is 0. The van der Waals surface area contributed by atoms with Gasteiger partial charge in [-0.3, -0.25) is 0 Å². The predicted octanol–water partition coefficient (Wildman–Crippen LogP) is 3.79. The van der Waals surface area contributed by atoms with Crippen LogP contribution in [0.25, 0.3) is 0 Å². The standard InChI is InChI=1S/C16H13N3/c1-11-3-6-15(14(7-11)10-18)19-16-8-13(9-17)5-4-12(16)2/h3-8,19H,1-2H3. The van der Waals surface area contributed by atoms with Crippen molar-refractivity contribution < 1.29 is 0 Å². The molecule has 0 bridgehead atoms. The van der Waals surface area contributed by atoms with Crippen molar-refractivity contribution in [3.8, 4) is 12.1 Å². The van der Waals surface area contributed by atoms with E-state index in [1.54, 1.807) is 12.1 Å². The highest BCUT2D eigenvalue weighted by molar-refractivity contribution is 5.70. The predicted molar refractivity (Wildman–Crippen MR) is 75.1 cm³/mol. The molecule has 0 aliphatic heterocycles. The number of anilines is 2. The first-order valence-corrected chi connectivity index (χ1v) is 5.92. The Morgan fingerprint density at radius 3 is 2.37 bits per heavy atom. The van der Waals surface area contributed by atoms with E-state index >= 15 is 0 Å². The van der Waals surface area contributed by atoms with Gasteiger partial charge in [0.05, 0.1) is 22.9 Å². The minimum absolute atomic E-state index is 0.596. The van der Waals surface area contributed by atoms with Crippen molar-refractivity contribution in [1.82, 2.24) is 0 Å². The second-order valence-corrected chi connectivity index (χ2v) is 4.43. The lowest BCUT2D eigenvalue weighted by atomic mass is 10.1. The lowest BCUT2D eigenvalue weighted by Crippen LogP contribution is -1.97. The van der Waals surface area contributed by atoms with Crippen LogP contribution in [0.15, 0.2) is 36.4 Å². The van der Waals surface area contributed by atoms with Gasteiger partial charge in [0, 0.05) is 5.69 Å². The van der Waals surface area contributed by atoms with Crippen molar-refractivity contribution in [2.24, 2.45) is 0 Å². The summed E-state index contributed by atoms with van der Waals surface area (Å²) in [6.07, 6.45) is 0. The first-order valence-electron chi connectivity index (χ1n) is 5.92. The average Bonchev–Trinajstić information content (AvgIpc) is 2.43. The Balaban J connectivity index is 2.42. The van der Waals surface area contributed by atoms with E-state index < -0.39 is 0 Å². The molecular weight excluding hydrogens is 234 g/mol. The van der Waals surface area contributed by atoms with Crippen LogP contribution in [0.1, 0.15) is 22.3 Å². The van der Waals surface area contributed by atoms with Crippen LogP contribution in [0.3, 0.4) is 0 Å². The molecule has 19 heavy (non-hydrogen) atoms. The van der Waals surface area contributed by atoms with E-state index in [2.05, 4.69) is 17.5 Å². The summed E-state index contributed by atoms with van der Waals surface area (Å²) in [6.45, 7) is 3.91. The molecule has 0 aliphatic rings. The molecule has 2 aromatic carbocycles. The molecule has 1 N–H and O–H groups in total. The summed E-state index contributed by atoms with van der Waals surface area (Å²) >= 11 is 0. The van der Waals surface area contributed by atoms with Crippen LogP contribution >= 0.6 is 0 Å². The molecule has 0 heterocycles. The third-order valence-corrected chi connectivity index (χ3v) is 2.93. The normalized spacial score (nSPS) is 9.47. The number of nitriles is 2. The van der Waals surface area contributed by atoms with E-state index in [0.29, 0.717) is 11.1 Å². The van der Waals surface area contributed by atoms with Gasteiger partial charge in [0.15, 0.2) is 0 Å². The maximum absolute atomic E-state index is 9.15. The number of aryl methyl sites for hydroxylation is 2. The fourth-order valence-corrected chi connectivity index (χ4v) is 1.83. The molecule has 0 atom stereocenters. The molecule has 92 valence electrons. The van der Waals surface area contributed by atoms with Crippen LogP contribution in [-0.4, -0.2) is 0 Å². The van der Waals surface area contributed by atoms with Gasteiger partial charge in [-0.15, -0.1) is 0 Å². The van der Waals surface area contributed by atoms with Crippen LogP contribution < -0.4 is 5.32 Å². The zero-order chi connectivity index (χ0) is 13.8. The number of nitrogens with zero attached hydrogens (tertiary/aromatic N) is 2. The largest absolute Gasteiger partial charge is 0.354 e. The number of rotatable bonds is 2. The highest BCUT2D eigenvalue weighted by atomic mass is 14.9. The van der Waals surface area contributed by atoms with Crippen molar-refractivity contribution in [1.29, 1.82) is 10.5 Å². The number of hydrogen-bond donors (Lipinski definition) is 1. The van der Waals surface area contributed by atoms with Crippen LogP contribution in [0.2, 0.25) is 0 Å². The summed E-state index contributed by atoms with van der Waals surface area (Å²) in [5.74, 6) is 0. The number of hydrogen-bond acceptors (Lipinski definition) is 3. The molecule has 3 heteroatoms. The Labute approximate surface area is 112 Å². The SMILES string of the molecule is Cc1ccc(Nc2cc(C#N)ccc2C)c(C#N)c1. The fourth-order valence-electron chi connectivity index (χ4n) is 1.83. The van der Waals surface area contributed by atoms with E-state index in [0.717, 1.165) is 22.5 Å². The second-order valence-electron chi connectivity index (χ2n) is 4.43. The lowest BCUT2D eigenvalue weighted by Gasteiger charge is -2.11. The number of nitrogens with one attached hydrogen (secondary N) is 1. The molecule has 2 aromatic rings. The Bertz CT molecular complexity index is 703. The molecule has 0 unspecified atom stereocenters. The first-order chi connectivity index (χ1) is 9.13. The first kappa shape index (κ1) is 12.7. The Hall–Kier alpha value is -2.78. The maximum Gasteiger partial charge on any atom is 0.101 e. The van der Waals surface area contributed by atoms with Crippen LogP contribution in [-0.2, 0) is 0 Å². The van der Waals surface area contributed by atoms with Gasteiger partial charge in [-0.1, -0.05) is 12.1 Å². The van der Waals surface area contributed by atoms with Gasteiger partial charge in [0.2, 0.25) is 0 Å². The van der Waals surface area contributed by atoms with Gasteiger partial charge in [-0.05, 0) is 49.2 Å². The van der Waals surface area contributed by atoms with Crippen molar-refractivity contribution in [3.05, 3.63) is 58.7 Å². The van der Waals surface area contributed by atoms with Gasteiger partial charge < -0.3 is 5.32 Å². The smallest absolute Gasteiger partial charge is 0.101 e. The van der Waals surface area contributed by atoms with Crippen LogP contribution in [0, 0.1) is 36.5 Å². The molecule has 0 saturated carbocycles. The Morgan fingerprint density at radius 1 is 0.895 bits per heavy atom. The quantitative estimate of drug-likeness (QED) is 0.878. The summed E-state index contributed by atoms with van der Waals surface area (Å²) in [4.78, 5) is 0. The van der Waals surface area contributed by atoms with Crippen LogP contribution in [0.5, 0.6) is 0 Å². The van der Waals surface area contributed by atoms with Gasteiger partial charge in [-0.25, -0.2) is 0 Å². The minimum atomic E-state index is 0.596. The average molecular weight is 247 g/mol. The third-order valence-electron chi connectivity index (χ3n) is 2.93. The highest BCUT2D eigenvalue weighted by Gasteiger charge is 2.05. The Morgan fingerprint density at radius 2 is 1.68 bits per heavy atom.